The van der Waals surface area contributed by atoms with E-state index in [0.717, 1.165) is 5.56 Å². The average molecular weight is 268 g/mol. The van der Waals surface area contributed by atoms with Gasteiger partial charge in [-0.1, -0.05) is 23.8 Å². The lowest BCUT2D eigenvalue weighted by Crippen LogP contribution is -2.21. The van der Waals surface area contributed by atoms with Crippen molar-refractivity contribution in [2.24, 2.45) is 7.05 Å². The maximum Gasteiger partial charge on any atom is 0.264 e. The molecule has 1 aromatic carbocycles. The van der Waals surface area contributed by atoms with Gasteiger partial charge in [-0.15, -0.1) is 0 Å². The number of hydrogen-bond acceptors (Lipinski definition) is 3. The first kappa shape index (κ1) is 12.6. The fourth-order valence-electron chi connectivity index (χ4n) is 2.39. The predicted octanol–water partition coefficient (Wildman–Crippen LogP) is 1.80. The van der Waals surface area contributed by atoms with Crippen molar-refractivity contribution in [3.05, 3.63) is 57.8 Å². The molecule has 0 aliphatic carbocycles. The number of fused-ring (bicyclic) bond motifs is 1. The van der Waals surface area contributed by atoms with Crippen LogP contribution in [0, 0.1) is 13.8 Å². The van der Waals surface area contributed by atoms with Crippen LogP contribution in [0.1, 0.15) is 16.7 Å². The molecule has 5 nitrogen and oxygen atoms in total. The number of aryl methyl sites for hydroxylation is 3. The van der Waals surface area contributed by atoms with Gasteiger partial charge < -0.3 is 0 Å². The van der Waals surface area contributed by atoms with Crippen LogP contribution in [-0.4, -0.2) is 19.3 Å². The van der Waals surface area contributed by atoms with Gasteiger partial charge in [0.05, 0.1) is 12.7 Å². The molecule has 2 aromatic heterocycles. The third kappa shape index (κ3) is 2.01. The second kappa shape index (κ2) is 4.59. The predicted molar refractivity (Wildman–Crippen MR) is 77.8 cm³/mol. The summed E-state index contributed by atoms with van der Waals surface area (Å²) in [6.07, 6.45) is 3.16. The van der Waals surface area contributed by atoms with Crippen molar-refractivity contribution in [3.8, 4) is 0 Å². The highest BCUT2D eigenvalue weighted by Crippen LogP contribution is 2.12. The summed E-state index contributed by atoms with van der Waals surface area (Å²) >= 11 is 0. The normalized spacial score (nSPS) is 11.2. The highest BCUT2D eigenvalue weighted by molar-refractivity contribution is 5.72. The van der Waals surface area contributed by atoms with E-state index in [1.54, 1.807) is 28.8 Å². The van der Waals surface area contributed by atoms with E-state index in [2.05, 4.69) is 42.1 Å². The maximum atomic E-state index is 12.4. The van der Waals surface area contributed by atoms with Crippen molar-refractivity contribution >= 4 is 11.0 Å². The molecule has 0 fully saturated rings. The summed E-state index contributed by atoms with van der Waals surface area (Å²) in [5.74, 6) is 0. The van der Waals surface area contributed by atoms with E-state index in [1.165, 1.54) is 11.1 Å². The van der Waals surface area contributed by atoms with Crippen LogP contribution in [0.4, 0.5) is 0 Å². The fourth-order valence-corrected chi connectivity index (χ4v) is 2.39. The molecule has 3 aromatic rings. The molecule has 0 radical (unpaired) electrons. The Morgan fingerprint density at radius 2 is 2.05 bits per heavy atom. The minimum Gasteiger partial charge on any atom is -0.294 e. The zero-order chi connectivity index (χ0) is 14.3. The monoisotopic (exact) mass is 268 g/mol. The quantitative estimate of drug-likeness (QED) is 0.712. The molecular weight excluding hydrogens is 252 g/mol. The van der Waals surface area contributed by atoms with Crippen LogP contribution in [0.5, 0.6) is 0 Å². The third-order valence-electron chi connectivity index (χ3n) is 3.56. The first-order valence-electron chi connectivity index (χ1n) is 6.49. The number of benzene rings is 1. The Labute approximate surface area is 116 Å². The summed E-state index contributed by atoms with van der Waals surface area (Å²) in [5.41, 5.74) is 4.10. The Bertz CT molecular complexity index is 845. The van der Waals surface area contributed by atoms with Crippen molar-refractivity contribution in [3.63, 3.8) is 0 Å². The molecule has 0 bridgehead atoms. The topological polar surface area (TPSA) is 52.7 Å². The molecule has 20 heavy (non-hydrogen) atoms. The van der Waals surface area contributed by atoms with Gasteiger partial charge in [-0.3, -0.25) is 14.0 Å². The van der Waals surface area contributed by atoms with Crippen molar-refractivity contribution in [1.82, 2.24) is 19.3 Å². The molecule has 2 heterocycles. The van der Waals surface area contributed by atoms with E-state index >= 15 is 0 Å². The number of hydrogen-bond donors (Lipinski definition) is 0. The molecule has 0 aliphatic rings. The molecule has 0 saturated heterocycles. The molecule has 0 aliphatic heterocycles. The first-order chi connectivity index (χ1) is 9.56. The molecule has 3 rings (SSSR count). The van der Waals surface area contributed by atoms with Crippen LogP contribution in [0.3, 0.4) is 0 Å². The van der Waals surface area contributed by atoms with Gasteiger partial charge in [0, 0.05) is 7.05 Å². The van der Waals surface area contributed by atoms with Gasteiger partial charge in [0.15, 0.2) is 5.65 Å². The molecule has 5 heteroatoms. The summed E-state index contributed by atoms with van der Waals surface area (Å²) in [5, 5.41) is 4.63. The van der Waals surface area contributed by atoms with Crippen LogP contribution in [-0.2, 0) is 13.6 Å². The lowest BCUT2D eigenvalue weighted by Gasteiger charge is -2.09. The number of nitrogens with zero attached hydrogens (tertiary/aromatic N) is 4. The van der Waals surface area contributed by atoms with Gasteiger partial charge in [0.1, 0.15) is 11.7 Å². The van der Waals surface area contributed by atoms with Gasteiger partial charge in [0.25, 0.3) is 5.56 Å². The third-order valence-corrected chi connectivity index (χ3v) is 3.56. The van der Waals surface area contributed by atoms with E-state index < -0.39 is 0 Å². The zero-order valence-electron chi connectivity index (χ0n) is 11.8. The molecule has 102 valence electrons. The van der Waals surface area contributed by atoms with Gasteiger partial charge in [-0.25, -0.2) is 4.98 Å². The van der Waals surface area contributed by atoms with E-state index in [0.29, 0.717) is 17.6 Å². The summed E-state index contributed by atoms with van der Waals surface area (Å²) in [6, 6.07) is 6.24. The van der Waals surface area contributed by atoms with Crippen molar-refractivity contribution in [2.45, 2.75) is 20.4 Å². The Morgan fingerprint density at radius 3 is 2.80 bits per heavy atom. The second-order valence-electron chi connectivity index (χ2n) is 5.11. The minimum atomic E-state index is -0.0527. The van der Waals surface area contributed by atoms with E-state index in [1.807, 2.05) is 0 Å². The van der Waals surface area contributed by atoms with Crippen LogP contribution in [0.2, 0.25) is 0 Å². The lowest BCUT2D eigenvalue weighted by atomic mass is 10.1. The van der Waals surface area contributed by atoms with Crippen molar-refractivity contribution in [1.29, 1.82) is 0 Å². The second-order valence-corrected chi connectivity index (χ2v) is 5.11. The van der Waals surface area contributed by atoms with E-state index in [9.17, 15) is 4.79 Å². The Morgan fingerprint density at radius 1 is 1.25 bits per heavy atom. The number of aromatic nitrogens is 4. The summed E-state index contributed by atoms with van der Waals surface area (Å²) in [6.45, 7) is 4.65. The van der Waals surface area contributed by atoms with Gasteiger partial charge in [-0.2, -0.15) is 5.10 Å². The van der Waals surface area contributed by atoms with E-state index in [-0.39, 0.29) is 5.56 Å². The molecule has 0 N–H and O–H groups in total. The maximum absolute atomic E-state index is 12.4. The molecular formula is C15H16N4O. The lowest BCUT2D eigenvalue weighted by molar-refractivity contribution is 0.734. The van der Waals surface area contributed by atoms with Crippen molar-refractivity contribution in [2.75, 3.05) is 0 Å². The summed E-state index contributed by atoms with van der Waals surface area (Å²) in [4.78, 5) is 16.7. The summed E-state index contributed by atoms with van der Waals surface area (Å²) in [7, 11) is 1.78. The highest BCUT2D eigenvalue weighted by atomic mass is 16.1. The largest absolute Gasteiger partial charge is 0.294 e. The molecule has 0 unspecified atom stereocenters. The van der Waals surface area contributed by atoms with Crippen molar-refractivity contribution < 1.29 is 0 Å². The first-order valence-corrected chi connectivity index (χ1v) is 6.49. The summed E-state index contributed by atoms with van der Waals surface area (Å²) < 4.78 is 3.24. The van der Waals surface area contributed by atoms with Crippen LogP contribution in [0.15, 0.2) is 35.5 Å². The Hall–Kier alpha value is -2.43. The Balaban J connectivity index is 2.07. The van der Waals surface area contributed by atoms with Gasteiger partial charge in [-0.05, 0) is 25.0 Å². The Kier molecular flexibility index (Phi) is 2.89. The van der Waals surface area contributed by atoms with Gasteiger partial charge in [0.2, 0.25) is 0 Å². The van der Waals surface area contributed by atoms with Crippen LogP contribution >= 0.6 is 0 Å². The van der Waals surface area contributed by atoms with Crippen LogP contribution in [0.25, 0.3) is 11.0 Å². The van der Waals surface area contributed by atoms with Crippen LogP contribution < -0.4 is 5.56 Å². The molecule has 0 saturated carbocycles. The molecule has 0 spiro atoms. The van der Waals surface area contributed by atoms with E-state index in [4.69, 9.17) is 0 Å². The fraction of sp³-hybridized carbons (Fsp3) is 0.267. The minimum absolute atomic E-state index is 0.0527. The molecule has 0 atom stereocenters. The average Bonchev–Trinajstić information content (AvgIpc) is 2.78. The highest BCUT2D eigenvalue weighted by Gasteiger charge is 2.09. The van der Waals surface area contributed by atoms with Gasteiger partial charge >= 0.3 is 0 Å². The zero-order valence-corrected chi connectivity index (χ0v) is 11.8. The smallest absolute Gasteiger partial charge is 0.264 e. The SMILES string of the molecule is Cc1ccc(Cn2cnc3c(cnn3C)c2=O)c(C)c1. The molecule has 0 amide bonds. The standard InChI is InChI=1S/C15H16N4O/c1-10-4-5-12(11(2)6-10)8-19-9-16-14-13(15(19)20)7-17-18(14)3/h4-7,9H,8H2,1-3H3. The number of rotatable bonds is 2.